The fourth-order valence-corrected chi connectivity index (χ4v) is 5.68. The van der Waals surface area contributed by atoms with Gasteiger partial charge in [0, 0.05) is 37.3 Å². The number of nitrogens with one attached hydrogen (secondary N) is 1. The molecule has 8 nitrogen and oxygen atoms in total. The summed E-state index contributed by atoms with van der Waals surface area (Å²) in [6, 6.07) is 12.4. The predicted octanol–water partition coefficient (Wildman–Crippen LogP) is 4.06. The van der Waals surface area contributed by atoms with Gasteiger partial charge in [0.15, 0.2) is 5.69 Å². The summed E-state index contributed by atoms with van der Waals surface area (Å²) in [7, 11) is 0. The molecule has 2 heterocycles. The third kappa shape index (κ3) is 5.55. The number of nitrogens with two attached hydrogens (primary N) is 1. The number of rotatable bonds is 6. The van der Waals surface area contributed by atoms with Gasteiger partial charge in [-0.3, -0.25) is 4.79 Å². The molecular formula is C28H31F2N5O3. The molecule has 1 aromatic heterocycles. The van der Waals surface area contributed by atoms with Gasteiger partial charge in [-0.15, -0.1) is 0 Å². The van der Waals surface area contributed by atoms with Gasteiger partial charge in [-0.25, -0.2) is 18.6 Å². The molecule has 10 heteroatoms. The van der Waals surface area contributed by atoms with E-state index in [9.17, 15) is 18.4 Å². The number of ether oxygens (including phenoxy) is 1. The Hall–Kier alpha value is -3.79. The molecule has 1 aliphatic heterocycles. The van der Waals surface area contributed by atoms with E-state index in [1.54, 1.807) is 11.2 Å². The molecule has 3 atom stereocenters. The Morgan fingerprint density at radius 3 is 2.55 bits per heavy atom. The first-order valence-electron chi connectivity index (χ1n) is 13.0. The van der Waals surface area contributed by atoms with E-state index in [0.717, 1.165) is 30.9 Å². The summed E-state index contributed by atoms with van der Waals surface area (Å²) >= 11 is 0. The van der Waals surface area contributed by atoms with Crippen molar-refractivity contribution in [2.75, 3.05) is 19.6 Å². The van der Waals surface area contributed by atoms with Gasteiger partial charge < -0.3 is 25.3 Å². The zero-order chi connectivity index (χ0) is 26.6. The number of piperazine rings is 1. The minimum absolute atomic E-state index is 0.213. The first-order valence-corrected chi connectivity index (χ1v) is 13.0. The van der Waals surface area contributed by atoms with Crippen LogP contribution in [0.1, 0.15) is 47.8 Å². The summed E-state index contributed by atoms with van der Waals surface area (Å²) in [5, 5.41) is 3.28. The summed E-state index contributed by atoms with van der Waals surface area (Å²) < 4.78 is 35.1. The lowest BCUT2D eigenvalue weighted by Crippen LogP contribution is -2.54. The molecule has 2 aromatic carbocycles. The summed E-state index contributed by atoms with van der Waals surface area (Å²) in [6.45, 7) is 1.51. The Labute approximate surface area is 219 Å². The van der Waals surface area contributed by atoms with Crippen LogP contribution >= 0.6 is 0 Å². The molecule has 2 amide bonds. The third-order valence-corrected chi connectivity index (χ3v) is 7.34. The van der Waals surface area contributed by atoms with E-state index in [4.69, 9.17) is 10.5 Å². The van der Waals surface area contributed by atoms with Crippen LogP contribution in [0.5, 0.6) is 0 Å². The Morgan fingerprint density at radius 2 is 1.82 bits per heavy atom. The highest BCUT2D eigenvalue weighted by molar-refractivity contribution is 5.98. The number of carbonyl (C=O) groups excluding carboxylic acids is 2. The van der Waals surface area contributed by atoms with Crippen molar-refractivity contribution in [2.45, 2.75) is 50.3 Å². The van der Waals surface area contributed by atoms with E-state index in [0.29, 0.717) is 43.7 Å². The number of aromatic nitrogens is 2. The van der Waals surface area contributed by atoms with Gasteiger partial charge in [0.05, 0.1) is 18.1 Å². The van der Waals surface area contributed by atoms with Crippen LogP contribution in [0, 0.1) is 11.6 Å². The minimum Gasteiger partial charge on any atom is -0.444 e. The van der Waals surface area contributed by atoms with Crippen LogP contribution in [0.2, 0.25) is 0 Å². The van der Waals surface area contributed by atoms with Crippen LogP contribution in [0.4, 0.5) is 13.6 Å². The van der Waals surface area contributed by atoms with Gasteiger partial charge in [0.1, 0.15) is 17.7 Å². The molecule has 2 fully saturated rings. The Kier molecular flexibility index (Phi) is 7.69. The van der Waals surface area contributed by atoms with Gasteiger partial charge in [-0.1, -0.05) is 36.8 Å². The van der Waals surface area contributed by atoms with Crippen LogP contribution in [0.15, 0.2) is 54.9 Å². The quantitative estimate of drug-likeness (QED) is 0.507. The molecule has 2 aliphatic rings. The maximum atomic E-state index is 14.1. The number of hydrogen-bond acceptors (Lipinski definition) is 5. The molecule has 0 bridgehead atoms. The highest BCUT2D eigenvalue weighted by atomic mass is 19.1. The van der Waals surface area contributed by atoms with Crippen molar-refractivity contribution in [3.63, 3.8) is 0 Å². The molecule has 3 N–H and O–H groups in total. The molecule has 0 radical (unpaired) electrons. The van der Waals surface area contributed by atoms with E-state index in [1.165, 1.54) is 12.1 Å². The van der Waals surface area contributed by atoms with Crippen molar-refractivity contribution in [3.8, 4) is 11.3 Å². The van der Waals surface area contributed by atoms with Gasteiger partial charge in [0.2, 0.25) is 0 Å². The lowest BCUT2D eigenvalue weighted by molar-refractivity contribution is 0.0476. The number of carbonyl (C=O) groups is 2. The smallest absolute Gasteiger partial charge is 0.404 e. The highest BCUT2D eigenvalue weighted by Gasteiger charge is 2.35. The summed E-state index contributed by atoms with van der Waals surface area (Å²) in [5.74, 6) is -1.55. The Balaban J connectivity index is 1.51. The largest absolute Gasteiger partial charge is 0.444 e. The van der Waals surface area contributed by atoms with Gasteiger partial charge in [-0.05, 0) is 43.4 Å². The van der Waals surface area contributed by atoms with Gasteiger partial charge in [-0.2, -0.15) is 0 Å². The van der Waals surface area contributed by atoms with Crippen LogP contribution in [-0.4, -0.2) is 58.2 Å². The number of amides is 2. The minimum atomic E-state index is -0.822. The van der Waals surface area contributed by atoms with E-state index in [-0.39, 0.29) is 23.7 Å². The zero-order valence-corrected chi connectivity index (χ0v) is 21.0. The number of nitrogens with zero attached hydrogens (tertiary/aromatic N) is 3. The van der Waals surface area contributed by atoms with Gasteiger partial charge >= 0.3 is 6.09 Å². The van der Waals surface area contributed by atoms with E-state index >= 15 is 0 Å². The van der Waals surface area contributed by atoms with Crippen molar-refractivity contribution in [1.82, 2.24) is 19.8 Å². The third-order valence-electron chi connectivity index (χ3n) is 7.34. The average molecular weight is 524 g/mol. The molecule has 38 heavy (non-hydrogen) atoms. The van der Waals surface area contributed by atoms with Crippen molar-refractivity contribution in [2.24, 2.45) is 5.73 Å². The second kappa shape index (κ2) is 11.3. The first kappa shape index (κ1) is 25.8. The monoisotopic (exact) mass is 523 g/mol. The maximum absolute atomic E-state index is 14.1. The summed E-state index contributed by atoms with van der Waals surface area (Å²) in [4.78, 5) is 32.0. The molecular weight excluding hydrogens is 492 g/mol. The van der Waals surface area contributed by atoms with E-state index in [2.05, 4.69) is 10.3 Å². The Bertz CT molecular complexity index is 1280. The van der Waals surface area contributed by atoms with Crippen LogP contribution in [0.3, 0.4) is 0 Å². The highest BCUT2D eigenvalue weighted by Crippen LogP contribution is 2.36. The fraction of sp³-hybridized carbons (Fsp3) is 0.393. The molecule has 1 saturated heterocycles. The van der Waals surface area contributed by atoms with E-state index in [1.807, 2.05) is 34.9 Å². The maximum Gasteiger partial charge on any atom is 0.404 e. The average Bonchev–Trinajstić information content (AvgIpc) is 3.33. The predicted molar refractivity (Wildman–Crippen MR) is 137 cm³/mol. The van der Waals surface area contributed by atoms with Crippen molar-refractivity contribution < 1.29 is 23.1 Å². The van der Waals surface area contributed by atoms with Crippen molar-refractivity contribution in [1.29, 1.82) is 0 Å². The molecule has 0 unspecified atom stereocenters. The molecule has 1 aliphatic carbocycles. The van der Waals surface area contributed by atoms with Crippen molar-refractivity contribution >= 4 is 12.0 Å². The second-order valence-corrected chi connectivity index (χ2v) is 9.88. The number of hydrogen-bond donors (Lipinski definition) is 2. The lowest BCUT2D eigenvalue weighted by atomic mass is 9.91. The standard InChI is InChI=1S/C28H31F2N5O3/c29-20-12-18(13-21(30)15-20)14-22-16-32-10-11-34(22)27(36)25-26(19-6-2-1-3-7-19)35(17-33-25)23-8-4-5-9-24(23)38-28(31)37/h1-3,6-7,12-13,15,17,22-24,32H,4-5,8-11,14,16H2,(H2,31,37)/t22-,23+,24+/m1/s1. The topological polar surface area (TPSA) is 102 Å². The molecule has 3 aromatic rings. The molecule has 0 spiro atoms. The Morgan fingerprint density at radius 1 is 1.08 bits per heavy atom. The molecule has 1 saturated carbocycles. The molecule has 5 rings (SSSR count). The number of halogens is 2. The van der Waals surface area contributed by atoms with Crippen LogP contribution < -0.4 is 11.1 Å². The lowest BCUT2D eigenvalue weighted by Gasteiger charge is -2.36. The summed E-state index contributed by atoms with van der Waals surface area (Å²) in [6.07, 6.45) is 3.99. The summed E-state index contributed by atoms with van der Waals surface area (Å²) in [5.41, 5.74) is 7.60. The zero-order valence-electron chi connectivity index (χ0n) is 21.0. The van der Waals surface area contributed by atoms with Crippen LogP contribution in [-0.2, 0) is 11.2 Å². The number of imidazole rings is 1. The fourth-order valence-electron chi connectivity index (χ4n) is 5.68. The normalized spacial score (nSPS) is 21.7. The first-order chi connectivity index (χ1) is 18.4. The van der Waals surface area contributed by atoms with Crippen LogP contribution in [0.25, 0.3) is 11.3 Å². The number of primary amides is 1. The van der Waals surface area contributed by atoms with Gasteiger partial charge in [0.25, 0.3) is 5.91 Å². The van der Waals surface area contributed by atoms with E-state index < -0.39 is 23.8 Å². The number of benzene rings is 2. The van der Waals surface area contributed by atoms with Crippen molar-refractivity contribution in [3.05, 3.63) is 77.8 Å². The SMILES string of the molecule is NC(=O)O[C@H]1CCCC[C@@H]1n1cnc(C(=O)N2CCNC[C@H]2Cc2cc(F)cc(F)c2)c1-c1ccccc1. The second-order valence-electron chi connectivity index (χ2n) is 9.88. The molecule has 200 valence electrons.